The van der Waals surface area contributed by atoms with Crippen LogP contribution in [0.5, 0.6) is 0 Å². The van der Waals surface area contributed by atoms with E-state index in [4.69, 9.17) is 4.42 Å². The number of aliphatic hydroxyl groups is 1. The van der Waals surface area contributed by atoms with Crippen LogP contribution in [0, 0.1) is 6.92 Å². The molecule has 0 spiro atoms. The molecule has 0 radical (unpaired) electrons. The molecule has 23 heavy (non-hydrogen) atoms. The van der Waals surface area contributed by atoms with Gasteiger partial charge in [-0.2, -0.15) is 0 Å². The summed E-state index contributed by atoms with van der Waals surface area (Å²) in [6.07, 6.45) is 4.26. The highest BCUT2D eigenvalue weighted by molar-refractivity contribution is 5.94. The number of aromatic nitrogens is 2. The van der Waals surface area contributed by atoms with Gasteiger partial charge in [-0.25, -0.2) is 4.98 Å². The van der Waals surface area contributed by atoms with Crippen molar-refractivity contribution in [2.75, 3.05) is 6.61 Å². The molecule has 3 aromatic rings. The SMILES string of the molecule is Cc1ccn2c(=O)c(C(=O)NC(CO)c3ccco3)cnc2c1. The summed E-state index contributed by atoms with van der Waals surface area (Å²) in [5.41, 5.74) is 0.864. The molecular formula is C16H15N3O4. The molecule has 0 saturated heterocycles. The number of furan rings is 1. The number of amides is 1. The van der Waals surface area contributed by atoms with Gasteiger partial charge >= 0.3 is 0 Å². The van der Waals surface area contributed by atoms with Gasteiger partial charge in [-0.15, -0.1) is 0 Å². The number of hydrogen-bond acceptors (Lipinski definition) is 5. The number of aliphatic hydroxyl groups excluding tert-OH is 1. The van der Waals surface area contributed by atoms with Crippen LogP contribution in [0.3, 0.4) is 0 Å². The first-order valence-electron chi connectivity index (χ1n) is 7.03. The number of fused-ring (bicyclic) bond motifs is 1. The summed E-state index contributed by atoms with van der Waals surface area (Å²) < 4.78 is 6.47. The quantitative estimate of drug-likeness (QED) is 0.750. The fourth-order valence-electron chi connectivity index (χ4n) is 2.26. The second kappa shape index (κ2) is 6.05. The third-order valence-corrected chi connectivity index (χ3v) is 3.48. The first-order valence-corrected chi connectivity index (χ1v) is 7.03. The van der Waals surface area contributed by atoms with Gasteiger partial charge in [-0.1, -0.05) is 0 Å². The Morgan fingerprint density at radius 1 is 1.48 bits per heavy atom. The summed E-state index contributed by atoms with van der Waals surface area (Å²) in [5.74, 6) is -0.210. The van der Waals surface area contributed by atoms with Gasteiger partial charge in [0.1, 0.15) is 23.0 Å². The number of carbonyl (C=O) groups excluding carboxylic acids is 1. The lowest BCUT2D eigenvalue weighted by Crippen LogP contribution is -2.35. The highest BCUT2D eigenvalue weighted by Gasteiger charge is 2.20. The van der Waals surface area contributed by atoms with E-state index in [0.717, 1.165) is 5.56 Å². The molecule has 0 aliphatic rings. The van der Waals surface area contributed by atoms with Crippen molar-refractivity contribution in [2.24, 2.45) is 0 Å². The van der Waals surface area contributed by atoms with Crippen molar-refractivity contribution in [3.05, 3.63) is 70.2 Å². The summed E-state index contributed by atoms with van der Waals surface area (Å²) in [6, 6.07) is 6.07. The van der Waals surface area contributed by atoms with Crippen LogP contribution in [0.25, 0.3) is 5.65 Å². The van der Waals surface area contributed by atoms with Gasteiger partial charge in [0, 0.05) is 12.4 Å². The van der Waals surface area contributed by atoms with Gasteiger partial charge in [0.05, 0.1) is 12.9 Å². The van der Waals surface area contributed by atoms with E-state index in [1.807, 2.05) is 6.92 Å². The standard InChI is InChI=1S/C16H15N3O4/c1-10-4-5-19-14(7-10)17-8-11(16(19)22)15(21)18-12(9-20)13-3-2-6-23-13/h2-8,12,20H,9H2,1H3,(H,18,21). The number of carbonyl (C=O) groups is 1. The van der Waals surface area contributed by atoms with Crippen LogP contribution in [-0.2, 0) is 0 Å². The molecule has 3 heterocycles. The van der Waals surface area contributed by atoms with Gasteiger partial charge in [0.25, 0.3) is 11.5 Å². The van der Waals surface area contributed by atoms with Crippen molar-refractivity contribution in [2.45, 2.75) is 13.0 Å². The Morgan fingerprint density at radius 3 is 3.00 bits per heavy atom. The summed E-state index contributed by atoms with van der Waals surface area (Å²) >= 11 is 0. The normalized spacial score (nSPS) is 12.3. The van der Waals surface area contributed by atoms with Gasteiger partial charge in [-0.05, 0) is 36.8 Å². The fraction of sp³-hybridized carbons (Fsp3) is 0.188. The topological polar surface area (TPSA) is 96.8 Å². The Balaban J connectivity index is 1.93. The maximum Gasteiger partial charge on any atom is 0.270 e. The summed E-state index contributed by atoms with van der Waals surface area (Å²) in [5, 5.41) is 12.0. The van der Waals surface area contributed by atoms with Crippen molar-refractivity contribution in [1.82, 2.24) is 14.7 Å². The molecular weight excluding hydrogens is 298 g/mol. The van der Waals surface area contributed by atoms with E-state index < -0.39 is 17.5 Å². The summed E-state index contributed by atoms with van der Waals surface area (Å²) in [6.45, 7) is 1.54. The van der Waals surface area contributed by atoms with Crippen molar-refractivity contribution in [3.63, 3.8) is 0 Å². The minimum Gasteiger partial charge on any atom is -0.467 e. The van der Waals surface area contributed by atoms with Gasteiger partial charge in [0.15, 0.2) is 0 Å². The Morgan fingerprint density at radius 2 is 2.30 bits per heavy atom. The second-order valence-electron chi connectivity index (χ2n) is 5.13. The molecule has 1 unspecified atom stereocenters. The van der Waals surface area contributed by atoms with Crippen molar-refractivity contribution >= 4 is 11.6 Å². The van der Waals surface area contributed by atoms with Gasteiger partial charge in [0.2, 0.25) is 0 Å². The highest BCUT2D eigenvalue weighted by atomic mass is 16.3. The van der Waals surface area contributed by atoms with Crippen LogP contribution in [0.2, 0.25) is 0 Å². The van der Waals surface area contributed by atoms with Crippen molar-refractivity contribution in [1.29, 1.82) is 0 Å². The molecule has 7 nitrogen and oxygen atoms in total. The van der Waals surface area contributed by atoms with E-state index in [2.05, 4.69) is 10.3 Å². The number of nitrogens with one attached hydrogen (secondary N) is 1. The average molecular weight is 313 g/mol. The summed E-state index contributed by atoms with van der Waals surface area (Å²) in [4.78, 5) is 28.9. The first kappa shape index (κ1) is 15.0. The molecule has 7 heteroatoms. The molecule has 3 aromatic heterocycles. The minimum atomic E-state index is -0.726. The third-order valence-electron chi connectivity index (χ3n) is 3.48. The van der Waals surface area contributed by atoms with Gasteiger partial charge in [-0.3, -0.25) is 14.0 Å². The monoisotopic (exact) mass is 313 g/mol. The van der Waals surface area contributed by atoms with Crippen LogP contribution >= 0.6 is 0 Å². The van der Waals surface area contributed by atoms with Crippen LogP contribution in [0.4, 0.5) is 0 Å². The third kappa shape index (κ3) is 2.86. The Labute approximate surface area is 131 Å². The molecule has 0 saturated carbocycles. The predicted octanol–water partition coefficient (Wildman–Crippen LogP) is 1.06. The first-order chi connectivity index (χ1) is 11.1. The Kier molecular flexibility index (Phi) is 3.94. The van der Waals surface area contributed by atoms with Crippen LogP contribution in [0.1, 0.15) is 27.7 Å². The van der Waals surface area contributed by atoms with E-state index in [9.17, 15) is 14.7 Å². The summed E-state index contributed by atoms with van der Waals surface area (Å²) in [7, 11) is 0. The molecule has 0 aliphatic heterocycles. The zero-order valence-electron chi connectivity index (χ0n) is 12.4. The van der Waals surface area contributed by atoms with E-state index in [-0.39, 0.29) is 12.2 Å². The minimum absolute atomic E-state index is 0.101. The maximum absolute atomic E-state index is 12.4. The predicted molar refractivity (Wildman–Crippen MR) is 82.2 cm³/mol. The molecule has 0 aliphatic carbocycles. The Hall–Kier alpha value is -2.93. The number of hydrogen-bond donors (Lipinski definition) is 2. The molecule has 1 amide bonds. The van der Waals surface area contributed by atoms with Crippen LogP contribution in [-0.4, -0.2) is 27.0 Å². The smallest absolute Gasteiger partial charge is 0.270 e. The number of pyridine rings is 1. The molecule has 1 atom stereocenters. The number of aryl methyl sites for hydroxylation is 1. The van der Waals surface area contributed by atoms with Crippen LogP contribution in [0.15, 0.2) is 52.1 Å². The van der Waals surface area contributed by atoms with E-state index in [1.165, 1.54) is 16.9 Å². The van der Waals surface area contributed by atoms with E-state index in [0.29, 0.717) is 11.4 Å². The molecule has 2 N–H and O–H groups in total. The Bertz CT molecular complexity index is 899. The largest absolute Gasteiger partial charge is 0.467 e. The molecule has 3 rings (SSSR count). The molecule has 0 aromatic carbocycles. The van der Waals surface area contributed by atoms with E-state index >= 15 is 0 Å². The van der Waals surface area contributed by atoms with Crippen molar-refractivity contribution in [3.8, 4) is 0 Å². The molecule has 0 fully saturated rings. The average Bonchev–Trinajstić information content (AvgIpc) is 3.06. The lowest BCUT2D eigenvalue weighted by molar-refractivity contribution is 0.0905. The van der Waals surface area contributed by atoms with Gasteiger partial charge < -0.3 is 14.8 Å². The fourth-order valence-corrected chi connectivity index (χ4v) is 2.26. The zero-order chi connectivity index (χ0) is 16.4. The van der Waals surface area contributed by atoms with Crippen LogP contribution < -0.4 is 10.9 Å². The van der Waals surface area contributed by atoms with E-state index in [1.54, 1.807) is 30.5 Å². The lowest BCUT2D eigenvalue weighted by atomic mass is 10.2. The van der Waals surface area contributed by atoms with Crippen molar-refractivity contribution < 1.29 is 14.3 Å². The number of nitrogens with zero attached hydrogens (tertiary/aromatic N) is 2. The molecule has 118 valence electrons. The molecule has 0 bridgehead atoms. The highest BCUT2D eigenvalue weighted by Crippen LogP contribution is 2.13. The second-order valence-corrected chi connectivity index (χ2v) is 5.13. The maximum atomic E-state index is 12.4. The lowest BCUT2D eigenvalue weighted by Gasteiger charge is -2.13. The number of rotatable bonds is 4. The zero-order valence-corrected chi connectivity index (χ0v) is 12.4.